The highest BCUT2D eigenvalue weighted by Crippen LogP contribution is 2.35. The van der Waals surface area contributed by atoms with Gasteiger partial charge in [0.15, 0.2) is 0 Å². The van der Waals surface area contributed by atoms with E-state index in [-0.39, 0.29) is 35.2 Å². The van der Waals surface area contributed by atoms with E-state index in [1.807, 2.05) is 0 Å². The fourth-order valence-corrected chi connectivity index (χ4v) is 4.73. The number of amides is 3. The van der Waals surface area contributed by atoms with Crippen LogP contribution in [0.15, 0.2) is 71.3 Å². The second-order valence-electron chi connectivity index (χ2n) is 7.65. The van der Waals surface area contributed by atoms with Crippen molar-refractivity contribution in [3.8, 4) is 5.75 Å². The third kappa shape index (κ3) is 4.55. The molecule has 0 fully saturated rings. The molecule has 0 aromatic heterocycles. The number of hydrogen-bond acceptors (Lipinski definition) is 7. The predicted octanol–water partition coefficient (Wildman–Crippen LogP) is 2.34. The van der Waals surface area contributed by atoms with Crippen LogP contribution in [0.3, 0.4) is 0 Å². The number of rotatable bonds is 7. The number of hydrogen-bond donors (Lipinski definition) is 2. The molecule has 0 spiro atoms. The molecule has 3 amide bonds. The maximum absolute atomic E-state index is 13.0. The summed E-state index contributed by atoms with van der Waals surface area (Å²) in [4.78, 5) is 37.4. The molecule has 11 nitrogen and oxygen atoms in total. The molecule has 2 aliphatic heterocycles. The number of urea groups is 1. The summed E-state index contributed by atoms with van der Waals surface area (Å²) in [7, 11) is -2.69. The van der Waals surface area contributed by atoms with E-state index >= 15 is 0 Å². The third-order valence-electron chi connectivity index (χ3n) is 5.43. The van der Waals surface area contributed by atoms with Gasteiger partial charge in [-0.1, -0.05) is 24.3 Å². The van der Waals surface area contributed by atoms with E-state index in [2.05, 4.69) is 5.32 Å². The molecule has 2 aliphatic rings. The van der Waals surface area contributed by atoms with Gasteiger partial charge in [0, 0.05) is 6.54 Å². The minimum Gasteiger partial charge on any atom is -0.497 e. The highest BCUT2D eigenvalue weighted by Gasteiger charge is 2.46. The van der Waals surface area contributed by atoms with Crippen molar-refractivity contribution >= 4 is 27.9 Å². The summed E-state index contributed by atoms with van der Waals surface area (Å²) >= 11 is 0. The number of sulfonamides is 1. The number of allylic oxidation sites excluding steroid dienone is 1. The van der Waals surface area contributed by atoms with Crippen molar-refractivity contribution in [2.75, 3.05) is 7.11 Å². The lowest BCUT2D eigenvalue weighted by Crippen LogP contribution is -2.47. The zero-order valence-electron chi connectivity index (χ0n) is 18.7. The molecule has 0 saturated carbocycles. The number of benzene rings is 2. The van der Waals surface area contributed by atoms with Gasteiger partial charge in [-0.25, -0.2) is 27.2 Å². The van der Waals surface area contributed by atoms with Crippen LogP contribution >= 0.6 is 0 Å². The Labute approximate surface area is 200 Å². The minimum atomic E-state index is -4.24. The fourth-order valence-electron chi connectivity index (χ4n) is 3.43. The summed E-state index contributed by atoms with van der Waals surface area (Å²) in [5.74, 6) is -1.58. The quantitative estimate of drug-likeness (QED) is 0.591. The topological polar surface area (TPSA) is 143 Å². The standard InChI is InChI=1S/C23H21N3O8S/c1-14-21-25(13-19(34-21)20(27)24-11-15-5-9-18(33-2)10-6-15)23(30)26(35(14,31)32)12-16-3-7-17(8-4-16)22(28)29/h3-10,13H,11-12H2,1-2H3,(H,24,27)(H,28,29). The predicted molar refractivity (Wildman–Crippen MR) is 122 cm³/mol. The van der Waals surface area contributed by atoms with Crippen LogP contribution in [-0.4, -0.2) is 47.7 Å². The van der Waals surface area contributed by atoms with E-state index in [1.54, 1.807) is 31.4 Å². The lowest BCUT2D eigenvalue weighted by atomic mass is 10.1. The Morgan fingerprint density at radius 3 is 2.29 bits per heavy atom. The molecular formula is C23H21N3O8S. The summed E-state index contributed by atoms with van der Waals surface area (Å²) in [6.45, 7) is 1.12. The Bertz CT molecular complexity index is 1360. The SMILES string of the molecule is COc1ccc(CNC(=O)C2=CN3C(=O)N(Cc4ccc(C(=O)O)cc4)S(=O)(=O)C(C)=C3O2)cc1. The van der Waals surface area contributed by atoms with Crippen molar-refractivity contribution in [3.05, 3.63) is 88.0 Å². The van der Waals surface area contributed by atoms with Gasteiger partial charge in [-0.3, -0.25) is 4.79 Å². The van der Waals surface area contributed by atoms with Crippen LogP contribution < -0.4 is 10.1 Å². The third-order valence-corrected chi connectivity index (χ3v) is 7.25. The number of nitrogens with zero attached hydrogens (tertiary/aromatic N) is 2. The summed E-state index contributed by atoms with van der Waals surface area (Å²) in [6.07, 6.45) is 1.14. The first-order chi connectivity index (χ1) is 16.6. The molecule has 2 aromatic carbocycles. The largest absolute Gasteiger partial charge is 0.497 e. The first-order valence-electron chi connectivity index (χ1n) is 10.3. The van der Waals surface area contributed by atoms with Gasteiger partial charge < -0.3 is 19.9 Å². The second-order valence-corrected chi connectivity index (χ2v) is 9.66. The number of carboxylic acids is 1. The van der Waals surface area contributed by atoms with Crippen LogP contribution in [0, 0.1) is 0 Å². The van der Waals surface area contributed by atoms with Gasteiger partial charge in [0.2, 0.25) is 11.6 Å². The van der Waals surface area contributed by atoms with Crippen molar-refractivity contribution in [1.29, 1.82) is 0 Å². The van der Waals surface area contributed by atoms with Crippen molar-refractivity contribution in [3.63, 3.8) is 0 Å². The molecule has 12 heteroatoms. The zero-order valence-corrected chi connectivity index (χ0v) is 19.5. The van der Waals surface area contributed by atoms with Crippen molar-refractivity contribution in [2.24, 2.45) is 0 Å². The Kier molecular flexibility index (Phi) is 6.22. The summed E-state index contributed by atoms with van der Waals surface area (Å²) in [6, 6.07) is 11.6. The van der Waals surface area contributed by atoms with Crippen LogP contribution in [0.2, 0.25) is 0 Å². The molecule has 4 rings (SSSR count). The number of carbonyl (C=O) groups excluding carboxylic acids is 2. The Morgan fingerprint density at radius 2 is 1.69 bits per heavy atom. The molecule has 2 N–H and O–H groups in total. The highest BCUT2D eigenvalue weighted by atomic mass is 32.2. The van der Waals surface area contributed by atoms with Crippen LogP contribution in [0.5, 0.6) is 5.75 Å². The van der Waals surface area contributed by atoms with Crippen LogP contribution in [0.25, 0.3) is 0 Å². The van der Waals surface area contributed by atoms with Gasteiger partial charge in [-0.05, 0) is 42.3 Å². The van der Waals surface area contributed by atoms with Crippen molar-refractivity contribution in [1.82, 2.24) is 14.5 Å². The molecule has 0 saturated heterocycles. The lowest BCUT2D eigenvalue weighted by molar-refractivity contribution is -0.120. The summed E-state index contributed by atoms with van der Waals surface area (Å²) < 4.78 is 37.2. The van der Waals surface area contributed by atoms with E-state index in [0.29, 0.717) is 15.6 Å². The minimum absolute atomic E-state index is 0.0288. The summed E-state index contributed by atoms with van der Waals surface area (Å²) in [5, 5.41) is 11.7. The lowest BCUT2D eigenvalue weighted by Gasteiger charge is -2.31. The van der Waals surface area contributed by atoms with Gasteiger partial charge >= 0.3 is 12.0 Å². The number of nitrogens with one attached hydrogen (secondary N) is 1. The molecule has 2 aromatic rings. The Balaban J connectivity index is 1.51. The number of methoxy groups -OCH3 is 1. The average Bonchev–Trinajstić information content (AvgIpc) is 3.30. The number of aromatic carboxylic acids is 1. The molecule has 0 atom stereocenters. The second kappa shape index (κ2) is 9.14. The maximum atomic E-state index is 13.0. The number of fused-ring (bicyclic) bond motifs is 1. The molecule has 0 unspecified atom stereocenters. The van der Waals surface area contributed by atoms with E-state index in [9.17, 15) is 22.8 Å². The van der Waals surface area contributed by atoms with Crippen LogP contribution in [-0.2, 0) is 32.6 Å². The number of ether oxygens (including phenoxy) is 2. The van der Waals surface area contributed by atoms with Gasteiger partial charge in [0.1, 0.15) is 10.7 Å². The Hall–Kier alpha value is -4.32. The molecule has 35 heavy (non-hydrogen) atoms. The first kappa shape index (κ1) is 23.8. The number of carbonyl (C=O) groups is 3. The molecule has 0 bridgehead atoms. The molecule has 182 valence electrons. The van der Waals surface area contributed by atoms with Crippen LogP contribution in [0.4, 0.5) is 4.79 Å². The Morgan fingerprint density at radius 1 is 1.06 bits per heavy atom. The van der Waals surface area contributed by atoms with E-state index < -0.39 is 27.9 Å². The van der Waals surface area contributed by atoms with Crippen molar-refractivity contribution < 1.29 is 37.4 Å². The maximum Gasteiger partial charge on any atom is 0.345 e. The van der Waals surface area contributed by atoms with E-state index in [0.717, 1.165) is 16.7 Å². The van der Waals surface area contributed by atoms with Gasteiger partial charge in [0.25, 0.3) is 15.9 Å². The average molecular weight is 500 g/mol. The highest BCUT2D eigenvalue weighted by molar-refractivity contribution is 7.93. The van der Waals surface area contributed by atoms with Gasteiger partial charge in [-0.15, -0.1) is 0 Å². The van der Waals surface area contributed by atoms with Gasteiger partial charge in [0.05, 0.1) is 25.4 Å². The zero-order chi connectivity index (χ0) is 25.3. The smallest absolute Gasteiger partial charge is 0.345 e. The fraction of sp³-hybridized carbons (Fsp3) is 0.174. The van der Waals surface area contributed by atoms with E-state index in [1.165, 1.54) is 31.2 Å². The van der Waals surface area contributed by atoms with Crippen molar-refractivity contribution in [2.45, 2.75) is 20.0 Å². The van der Waals surface area contributed by atoms with Gasteiger partial charge in [-0.2, -0.15) is 0 Å². The number of carboxylic acid groups (broad SMARTS) is 1. The first-order valence-corrected chi connectivity index (χ1v) is 11.8. The molecule has 0 aliphatic carbocycles. The van der Waals surface area contributed by atoms with E-state index in [4.69, 9.17) is 14.6 Å². The monoisotopic (exact) mass is 499 g/mol. The summed E-state index contributed by atoms with van der Waals surface area (Å²) in [5.41, 5.74) is 1.23. The van der Waals surface area contributed by atoms with Crippen LogP contribution in [0.1, 0.15) is 28.4 Å². The molecule has 0 radical (unpaired) electrons. The molecule has 2 heterocycles. The normalized spacial score (nSPS) is 16.4. The molecular weight excluding hydrogens is 478 g/mol.